The third-order valence-electron chi connectivity index (χ3n) is 3.44. The number of nitro groups is 1. The van der Waals surface area contributed by atoms with Crippen molar-refractivity contribution in [2.24, 2.45) is 0 Å². The van der Waals surface area contributed by atoms with E-state index in [1.54, 1.807) is 6.07 Å². The fourth-order valence-corrected chi connectivity index (χ4v) is 2.44. The lowest BCUT2D eigenvalue weighted by atomic mass is 10.2. The molecule has 0 radical (unpaired) electrons. The highest BCUT2D eigenvalue weighted by Crippen LogP contribution is 2.30. The molecule has 0 bridgehead atoms. The Bertz CT molecular complexity index is 905. The molecule has 0 saturated heterocycles. The number of nitrogens with zero attached hydrogens (tertiary/aromatic N) is 1. The first-order valence-electron chi connectivity index (χ1n) is 7.40. The fourth-order valence-electron chi connectivity index (χ4n) is 2.24. The molecule has 0 spiro atoms. The van der Waals surface area contributed by atoms with Crippen LogP contribution in [0.2, 0.25) is 0 Å². The number of fused-ring (bicyclic) bond motifs is 1. The van der Waals surface area contributed by atoms with E-state index in [0.717, 1.165) is 18.2 Å². The van der Waals surface area contributed by atoms with Crippen LogP contribution in [0, 0.1) is 15.9 Å². The van der Waals surface area contributed by atoms with E-state index in [1.807, 2.05) is 0 Å². The molecule has 0 fully saturated rings. The first kappa shape index (κ1) is 17.5. The summed E-state index contributed by atoms with van der Waals surface area (Å²) in [6, 6.07) is 7.57. The standard InChI is InChI=1S/C16H12FN3O5S/c17-11-3-2-10(20(22)23)8-12(11)18-16(26)19-15(21)9-1-4-13-14(7-9)25-6-5-24-13/h1-4,7-8H,5-6H2,(H2,18,19,21,26). The number of carbonyl (C=O) groups is 1. The minimum atomic E-state index is -0.744. The lowest BCUT2D eigenvalue weighted by Crippen LogP contribution is -2.34. The van der Waals surface area contributed by atoms with E-state index in [2.05, 4.69) is 10.6 Å². The summed E-state index contributed by atoms with van der Waals surface area (Å²) in [7, 11) is 0. The number of non-ortho nitro benzene ring substituents is 1. The number of benzene rings is 2. The zero-order valence-electron chi connectivity index (χ0n) is 13.2. The first-order chi connectivity index (χ1) is 12.4. The second kappa shape index (κ2) is 7.31. The monoisotopic (exact) mass is 377 g/mol. The van der Waals surface area contributed by atoms with Gasteiger partial charge in [0.05, 0.1) is 10.6 Å². The van der Waals surface area contributed by atoms with Crippen LogP contribution in [0.25, 0.3) is 0 Å². The summed E-state index contributed by atoms with van der Waals surface area (Å²) in [5.41, 5.74) is -0.264. The number of hydrogen-bond donors (Lipinski definition) is 2. The Morgan fingerprint density at radius 3 is 2.62 bits per heavy atom. The maximum atomic E-state index is 13.8. The molecular weight excluding hydrogens is 365 g/mol. The zero-order chi connectivity index (χ0) is 18.7. The molecule has 2 aromatic carbocycles. The van der Waals surface area contributed by atoms with Gasteiger partial charge in [-0.25, -0.2) is 4.39 Å². The molecule has 1 aliphatic heterocycles. The summed E-state index contributed by atoms with van der Waals surface area (Å²) in [6.45, 7) is 0.811. The highest BCUT2D eigenvalue weighted by molar-refractivity contribution is 7.80. The van der Waals surface area contributed by atoms with Crippen LogP contribution in [0.5, 0.6) is 11.5 Å². The molecule has 2 N–H and O–H groups in total. The third kappa shape index (κ3) is 3.86. The normalized spacial score (nSPS) is 12.2. The van der Waals surface area contributed by atoms with E-state index in [4.69, 9.17) is 21.7 Å². The van der Waals surface area contributed by atoms with Crippen LogP contribution in [0.4, 0.5) is 15.8 Å². The molecule has 1 amide bonds. The van der Waals surface area contributed by atoms with Gasteiger partial charge >= 0.3 is 0 Å². The Hall–Kier alpha value is -3.27. The van der Waals surface area contributed by atoms with Crippen LogP contribution in [0.15, 0.2) is 36.4 Å². The van der Waals surface area contributed by atoms with Crippen LogP contribution >= 0.6 is 12.2 Å². The lowest BCUT2D eigenvalue weighted by molar-refractivity contribution is -0.384. The topological polar surface area (TPSA) is 103 Å². The van der Waals surface area contributed by atoms with Crippen molar-refractivity contribution in [3.8, 4) is 11.5 Å². The Balaban J connectivity index is 1.69. The Morgan fingerprint density at radius 1 is 1.15 bits per heavy atom. The summed E-state index contributed by atoms with van der Waals surface area (Å²) in [5.74, 6) is -0.323. The van der Waals surface area contributed by atoms with Crippen LogP contribution < -0.4 is 20.1 Å². The average Bonchev–Trinajstić information content (AvgIpc) is 2.62. The molecule has 0 aliphatic carbocycles. The minimum Gasteiger partial charge on any atom is -0.486 e. The molecule has 0 saturated carbocycles. The van der Waals surface area contributed by atoms with E-state index in [0.29, 0.717) is 24.7 Å². The second-order valence-electron chi connectivity index (χ2n) is 5.19. The van der Waals surface area contributed by atoms with Gasteiger partial charge in [0, 0.05) is 17.7 Å². The van der Waals surface area contributed by atoms with Crippen molar-refractivity contribution >= 4 is 34.6 Å². The van der Waals surface area contributed by atoms with Gasteiger partial charge < -0.3 is 14.8 Å². The van der Waals surface area contributed by atoms with Crippen molar-refractivity contribution < 1.29 is 23.6 Å². The van der Waals surface area contributed by atoms with Crippen LogP contribution in [0.3, 0.4) is 0 Å². The number of nitro benzene ring substituents is 1. The molecule has 2 aromatic rings. The average molecular weight is 377 g/mol. The largest absolute Gasteiger partial charge is 0.486 e. The summed E-state index contributed by atoms with van der Waals surface area (Å²) in [5, 5.41) is 15.4. The van der Waals surface area contributed by atoms with Crippen molar-refractivity contribution in [1.29, 1.82) is 0 Å². The number of anilines is 1. The molecule has 0 unspecified atom stereocenters. The van der Waals surface area contributed by atoms with Gasteiger partial charge in [-0.15, -0.1) is 0 Å². The number of halogens is 1. The molecule has 0 aromatic heterocycles. The summed E-state index contributed by atoms with van der Waals surface area (Å²) in [6.07, 6.45) is 0. The second-order valence-corrected chi connectivity index (χ2v) is 5.60. The zero-order valence-corrected chi connectivity index (χ0v) is 14.0. The third-order valence-corrected chi connectivity index (χ3v) is 3.64. The summed E-state index contributed by atoms with van der Waals surface area (Å²) in [4.78, 5) is 22.4. The Labute approximate surface area is 152 Å². The molecular formula is C16H12FN3O5S. The summed E-state index contributed by atoms with van der Waals surface area (Å²) < 4.78 is 24.5. The van der Waals surface area contributed by atoms with E-state index in [1.165, 1.54) is 12.1 Å². The lowest BCUT2D eigenvalue weighted by Gasteiger charge is -2.18. The van der Waals surface area contributed by atoms with Crippen molar-refractivity contribution in [2.45, 2.75) is 0 Å². The van der Waals surface area contributed by atoms with Crippen LogP contribution in [-0.2, 0) is 0 Å². The highest BCUT2D eigenvalue weighted by Gasteiger charge is 2.17. The van der Waals surface area contributed by atoms with Gasteiger partial charge in [0.15, 0.2) is 16.6 Å². The van der Waals surface area contributed by atoms with Crippen LogP contribution in [0.1, 0.15) is 10.4 Å². The van der Waals surface area contributed by atoms with E-state index in [9.17, 15) is 19.3 Å². The predicted octanol–water partition coefficient (Wildman–Crippen LogP) is 2.63. The molecule has 3 rings (SSSR count). The number of thiocarbonyl (C=S) groups is 1. The van der Waals surface area contributed by atoms with Gasteiger partial charge in [-0.3, -0.25) is 20.2 Å². The van der Waals surface area contributed by atoms with Gasteiger partial charge in [0.2, 0.25) is 0 Å². The van der Waals surface area contributed by atoms with E-state index >= 15 is 0 Å². The quantitative estimate of drug-likeness (QED) is 0.481. The van der Waals surface area contributed by atoms with Gasteiger partial charge in [0.1, 0.15) is 19.0 Å². The van der Waals surface area contributed by atoms with Crippen molar-refractivity contribution in [2.75, 3.05) is 18.5 Å². The number of amides is 1. The minimum absolute atomic E-state index is 0.204. The molecule has 0 atom stereocenters. The van der Waals surface area contributed by atoms with Gasteiger partial charge in [0.25, 0.3) is 11.6 Å². The molecule has 8 nitrogen and oxygen atoms in total. The molecule has 1 aliphatic rings. The number of nitrogens with one attached hydrogen (secondary N) is 2. The fraction of sp³-hybridized carbons (Fsp3) is 0.125. The Morgan fingerprint density at radius 2 is 1.88 bits per heavy atom. The maximum Gasteiger partial charge on any atom is 0.271 e. The van der Waals surface area contributed by atoms with Crippen molar-refractivity contribution in [3.63, 3.8) is 0 Å². The number of hydrogen-bond acceptors (Lipinski definition) is 6. The van der Waals surface area contributed by atoms with Gasteiger partial charge in [-0.05, 0) is 36.5 Å². The van der Waals surface area contributed by atoms with Gasteiger partial charge in [-0.2, -0.15) is 0 Å². The maximum absolute atomic E-state index is 13.8. The Kier molecular flexibility index (Phi) is 4.94. The first-order valence-corrected chi connectivity index (χ1v) is 7.81. The van der Waals surface area contributed by atoms with Crippen molar-refractivity contribution in [1.82, 2.24) is 5.32 Å². The van der Waals surface area contributed by atoms with Gasteiger partial charge in [-0.1, -0.05) is 0 Å². The molecule has 1 heterocycles. The number of carbonyl (C=O) groups excluding carboxylic acids is 1. The number of ether oxygens (including phenoxy) is 2. The smallest absolute Gasteiger partial charge is 0.271 e. The van der Waals surface area contributed by atoms with Crippen LogP contribution in [-0.4, -0.2) is 29.2 Å². The number of rotatable bonds is 3. The SMILES string of the molecule is O=C(NC(=S)Nc1cc([N+](=O)[O-])ccc1F)c1ccc2c(c1)OCCO2. The highest BCUT2D eigenvalue weighted by atomic mass is 32.1. The van der Waals surface area contributed by atoms with Crippen molar-refractivity contribution in [3.05, 3.63) is 57.9 Å². The molecule has 26 heavy (non-hydrogen) atoms. The summed E-state index contributed by atoms with van der Waals surface area (Å²) >= 11 is 4.97. The predicted molar refractivity (Wildman–Crippen MR) is 94.2 cm³/mol. The molecule has 134 valence electrons. The van der Waals surface area contributed by atoms with E-state index in [-0.39, 0.29) is 22.1 Å². The molecule has 10 heteroatoms. The van der Waals surface area contributed by atoms with E-state index < -0.39 is 16.6 Å².